The van der Waals surface area contributed by atoms with Crippen LogP contribution in [0.4, 0.5) is 11.6 Å². The molecule has 0 saturated carbocycles. The number of pyridine rings is 1. The molecule has 0 aliphatic heterocycles. The third-order valence-electron chi connectivity index (χ3n) is 4.54. The van der Waals surface area contributed by atoms with Crippen LogP contribution in [-0.2, 0) is 12.8 Å². The molecule has 144 valence electrons. The zero-order chi connectivity index (χ0) is 20.1. The van der Waals surface area contributed by atoms with E-state index in [1.165, 1.54) is 22.3 Å². The highest BCUT2D eigenvalue weighted by Gasteiger charge is 2.09. The van der Waals surface area contributed by atoms with E-state index in [9.17, 15) is 0 Å². The number of aromatic nitrogens is 4. The van der Waals surface area contributed by atoms with Gasteiger partial charge in [0, 0.05) is 19.0 Å². The summed E-state index contributed by atoms with van der Waals surface area (Å²) in [5.41, 5.74) is 5.67. The number of aryl methyl sites for hydroxylation is 2. The van der Waals surface area contributed by atoms with E-state index in [2.05, 4.69) is 82.6 Å². The van der Waals surface area contributed by atoms with E-state index in [0.29, 0.717) is 18.8 Å². The smallest absolute Gasteiger partial charge is 0.230 e. The second-order valence-electron chi connectivity index (χ2n) is 7.19. The lowest BCUT2D eigenvalue weighted by molar-refractivity contribution is 0.855. The van der Waals surface area contributed by atoms with Crippen LogP contribution in [0.25, 0.3) is 0 Å². The van der Waals surface area contributed by atoms with Gasteiger partial charge in [-0.15, -0.1) is 0 Å². The van der Waals surface area contributed by atoms with Crippen molar-refractivity contribution < 1.29 is 0 Å². The molecule has 2 aromatic heterocycles. The SMILES string of the molecule is Cc1cccc(Cc2nc(Cc3cccc(C)c3)nc(Nc3cccnc3)n2)c1. The zero-order valence-corrected chi connectivity index (χ0v) is 16.6. The van der Waals surface area contributed by atoms with Crippen molar-refractivity contribution in [3.05, 3.63) is 107 Å². The largest absolute Gasteiger partial charge is 0.323 e. The highest BCUT2D eigenvalue weighted by atomic mass is 15.2. The van der Waals surface area contributed by atoms with Crippen molar-refractivity contribution >= 4 is 11.6 Å². The predicted molar refractivity (Wildman–Crippen MR) is 115 cm³/mol. The summed E-state index contributed by atoms with van der Waals surface area (Å²) in [6, 6.07) is 20.7. The number of anilines is 2. The van der Waals surface area contributed by atoms with Crippen molar-refractivity contribution in [3.63, 3.8) is 0 Å². The standard InChI is InChI=1S/C24H23N5/c1-17-6-3-8-19(12-17)14-22-27-23(15-20-9-4-7-18(2)13-20)29-24(28-22)26-21-10-5-11-25-16-21/h3-13,16H,14-15H2,1-2H3,(H,26,27,28,29). The Morgan fingerprint density at radius 3 is 1.86 bits per heavy atom. The average molecular weight is 381 g/mol. The van der Waals surface area contributed by atoms with Gasteiger partial charge in [0.1, 0.15) is 11.6 Å². The summed E-state index contributed by atoms with van der Waals surface area (Å²) in [6.07, 6.45) is 4.81. The Bertz CT molecular complexity index is 1040. The molecule has 0 spiro atoms. The maximum atomic E-state index is 4.75. The van der Waals surface area contributed by atoms with E-state index in [1.807, 2.05) is 12.1 Å². The first-order chi connectivity index (χ1) is 14.1. The lowest BCUT2D eigenvalue weighted by atomic mass is 10.1. The third kappa shape index (κ3) is 5.23. The van der Waals surface area contributed by atoms with Gasteiger partial charge in [0.05, 0.1) is 11.9 Å². The number of nitrogens with one attached hydrogen (secondary N) is 1. The van der Waals surface area contributed by atoms with Crippen molar-refractivity contribution in [2.24, 2.45) is 0 Å². The molecule has 0 aliphatic rings. The van der Waals surface area contributed by atoms with Crippen LogP contribution in [0, 0.1) is 13.8 Å². The van der Waals surface area contributed by atoms with Gasteiger partial charge in [-0.3, -0.25) is 4.98 Å². The van der Waals surface area contributed by atoms with Crippen LogP contribution in [0.2, 0.25) is 0 Å². The van der Waals surface area contributed by atoms with Crippen LogP contribution >= 0.6 is 0 Å². The highest BCUT2D eigenvalue weighted by Crippen LogP contribution is 2.16. The fourth-order valence-electron chi connectivity index (χ4n) is 3.26. The van der Waals surface area contributed by atoms with Crippen LogP contribution in [-0.4, -0.2) is 19.9 Å². The first-order valence-electron chi connectivity index (χ1n) is 9.66. The van der Waals surface area contributed by atoms with Gasteiger partial charge in [0.2, 0.25) is 5.95 Å². The molecule has 2 heterocycles. The maximum absolute atomic E-state index is 4.75. The van der Waals surface area contributed by atoms with Gasteiger partial charge in [-0.1, -0.05) is 59.7 Å². The van der Waals surface area contributed by atoms with Crippen molar-refractivity contribution in [3.8, 4) is 0 Å². The van der Waals surface area contributed by atoms with Crippen LogP contribution < -0.4 is 5.32 Å². The van der Waals surface area contributed by atoms with Crippen molar-refractivity contribution in [1.29, 1.82) is 0 Å². The molecule has 29 heavy (non-hydrogen) atoms. The summed E-state index contributed by atoms with van der Waals surface area (Å²) in [7, 11) is 0. The van der Waals surface area contributed by atoms with Crippen LogP contribution in [0.15, 0.2) is 73.1 Å². The quantitative estimate of drug-likeness (QED) is 0.519. The summed E-state index contributed by atoms with van der Waals surface area (Å²) in [5, 5.41) is 3.25. The monoisotopic (exact) mass is 381 g/mol. The maximum Gasteiger partial charge on any atom is 0.230 e. The van der Waals surface area contributed by atoms with Crippen LogP contribution in [0.1, 0.15) is 33.9 Å². The molecule has 0 unspecified atom stereocenters. The Morgan fingerprint density at radius 2 is 1.34 bits per heavy atom. The molecule has 0 bridgehead atoms. The highest BCUT2D eigenvalue weighted by molar-refractivity contribution is 5.51. The van der Waals surface area contributed by atoms with Gasteiger partial charge in [0.15, 0.2) is 0 Å². The van der Waals surface area contributed by atoms with Crippen molar-refractivity contribution in [2.75, 3.05) is 5.32 Å². The van der Waals surface area contributed by atoms with Gasteiger partial charge >= 0.3 is 0 Å². The molecular formula is C24H23N5. The second-order valence-corrected chi connectivity index (χ2v) is 7.19. The normalized spacial score (nSPS) is 10.7. The van der Waals surface area contributed by atoms with Gasteiger partial charge in [0.25, 0.3) is 0 Å². The molecule has 0 saturated heterocycles. The number of rotatable bonds is 6. The molecule has 0 amide bonds. The summed E-state index contributed by atoms with van der Waals surface area (Å²) in [6.45, 7) is 4.19. The molecule has 4 aromatic rings. The third-order valence-corrected chi connectivity index (χ3v) is 4.54. The van der Waals surface area contributed by atoms with E-state index < -0.39 is 0 Å². The molecule has 1 N–H and O–H groups in total. The molecule has 4 rings (SSSR count). The second kappa shape index (κ2) is 8.61. The van der Waals surface area contributed by atoms with E-state index in [0.717, 1.165) is 17.3 Å². The summed E-state index contributed by atoms with van der Waals surface area (Å²) < 4.78 is 0. The lowest BCUT2D eigenvalue weighted by Crippen LogP contribution is -2.09. The lowest BCUT2D eigenvalue weighted by Gasteiger charge is -2.10. The van der Waals surface area contributed by atoms with Gasteiger partial charge in [-0.25, -0.2) is 4.98 Å². The molecule has 0 aliphatic carbocycles. The Labute approximate surface area is 170 Å². The van der Waals surface area contributed by atoms with E-state index in [4.69, 9.17) is 4.98 Å². The van der Waals surface area contributed by atoms with Crippen LogP contribution in [0.5, 0.6) is 0 Å². The van der Waals surface area contributed by atoms with E-state index in [-0.39, 0.29) is 0 Å². The van der Waals surface area contributed by atoms with Crippen molar-refractivity contribution in [2.45, 2.75) is 26.7 Å². The topological polar surface area (TPSA) is 63.6 Å². The number of nitrogens with zero attached hydrogens (tertiary/aromatic N) is 4. The minimum Gasteiger partial charge on any atom is -0.323 e. The van der Waals surface area contributed by atoms with Gasteiger partial charge < -0.3 is 5.32 Å². The Morgan fingerprint density at radius 1 is 0.724 bits per heavy atom. The Kier molecular flexibility index (Phi) is 5.56. The van der Waals surface area contributed by atoms with Crippen LogP contribution in [0.3, 0.4) is 0 Å². The molecule has 0 radical (unpaired) electrons. The average Bonchev–Trinajstić information content (AvgIpc) is 2.69. The van der Waals surface area contributed by atoms with E-state index in [1.54, 1.807) is 12.4 Å². The number of hydrogen-bond acceptors (Lipinski definition) is 5. The minimum absolute atomic E-state index is 0.540. The molecular weight excluding hydrogens is 358 g/mol. The fraction of sp³-hybridized carbons (Fsp3) is 0.167. The summed E-state index contributed by atoms with van der Waals surface area (Å²) in [5.74, 6) is 2.04. The Hall–Kier alpha value is -3.60. The summed E-state index contributed by atoms with van der Waals surface area (Å²) in [4.78, 5) is 18.2. The number of hydrogen-bond donors (Lipinski definition) is 1. The first-order valence-corrected chi connectivity index (χ1v) is 9.66. The fourth-order valence-corrected chi connectivity index (χ4v) is 3.26. The minimum atomic E-state index is 0.540. The zero-order valence-electron chi connectivity index (χ0n) is 16.6. The molecule has 2 aromatic carbocycles. The molecule has 5 heteroatoms. The van der Waals surface area contributed by atoms with Crippen molar-refractivity contribution in [1.82, 2.24) is 19.9 Å². The van der Waals surface area contributed by atoms with E-state index >= 15 is 0 Å². The van der Waals surface area contributed by atoms with Gasteiger partial charge in [-0.05, 0) is 37.1 Å². The summed E-state index contributed by atoms with van der Waals surface area (Å²) >= 11 is 0. The molecule has 5 nitrogen and oxygen atoms in total. The Balaban J connectivity index is 1.66. The molecule has 0 atom stereocenters. The van der Waals surface area contributed by atoms with Gasteiger partial charge in [-0.2, -0.15) is 9.97 Å². The predicted octanol–water partition coefficient (Wildman–Crippen LogP) is 4.81. The number of benzene rings is 2. The first kappa shape index (κ1) is 18.7. The molecule has 0 fully saturated rings.